The van der Waals surface area contributed by atoms with Gasteiger partial charge in [-0.15, -0.1) is 0 Å². The fraction of sp³-hybridized carbons (Fsp3) is 0. The number of aromatic hydroxyl groups is 4. The van der Waals surface area contributed by atoms with E-state index in [1.165, 1.54) is 0 Å². The Kier molecular flexibility index (Phi) is 3.88. The summed E-state index contributed by atoms with van der Waals surface area (Å²) in [6.45, 7) is 0. The van der Waals surface area contributed by atoms with Gasteiger partial charge in [-0.1, -0.05) is 6.07 Å². The molecule has 2 rings (SSSR count). The van der Waals surface area contributed by atoms with Crippen LogP contribution in [0.5, 0.6) is 23.0 Å². The van der Waals surface area contributed by atoms with Crippen LogP contribution in [0.4, 0.5) is 0 Å². The van der Waals surface area contributed by atoms with Crippen LogP contribution in [0.2, 0.25) is 0 Å². The Labute approximate surface area is 130 Å². The van der Waals surface area contributed by atoms with Crippen molar-refractivity contribution in [2.45, 2.75) is 14.7 Å². The first-order valence-electron chi connectivity index (χ1n) is 5.76. The minimum absolute atomic E-state index is 0.567. The first-order valence-corrected chi connectivity index (χ1v) is 8.68. The molecular weight excluding hydrogens is 352 g/mol. The molecule has 0 radical (unpaired) electrons. The van der Waals surface area contributed by atoms with E-state index in [4.69, 9.17) is 4.55 Å². The van der Waals surface area contributed by atoms with E-state index in [-0.39, 0.29) is 0 Å². The fourth-order valence-corrected chi connectivity index (χ4v) is 3.85. The Balaban J connectivity index is 2.77. The first-order chi connectivity index (χ1) is 10.5. The first kappa shape index (κ1) is 16.9. The van der Waals surface area contributed by atoms with Gasteiger partial charge in [0.2, 0.25) is 9.84 Å². The third-order valence-corrected chi connectivity index (χ3v) is 5.61. The molecule has 0 aliphatic heterocycles. The normalized spacial score (nSPS) is 12.2. The van der Waals surface area contributed by atoms with Crippen molar-refractivity contribution in [1.29, 1.82) is 0 Å². The van der Waals surface area contributed by atoms with Gasteiger partial charge in [0.1, 0.15) is 14.7 Å². The van der Waals surface area contributed by atoms with Crippen LogP contribution in [0.15, 0.2) is 45.0 Å². The van der Waals surface area contributed by atoms with Crippen molar-refractivity contribution in [3.05, 3.63) is 30.3 Å². The van der Waals surface area contributed by atoms with Gasteiger partial charge < -0.3 is 20.4 Å². The zero-order valence-electron chi connectivity index (χ0n) is 11.1. The van der Waals surface area contributed by atoms with Crippen LogP contribution in [0.25, 0.3) is 0 Å². The van der Waals surface area contributed by atoms with Gasteiger partial charge in [0.25, 0.3) is 10.1 Å². The summed E-state index contributed by atoms with van der Waals surface area (Å²) in [6.07, 6.45) is 0. The quantitative estimate of drug-likeness (QED) is 0.387. The summed E-state index contributed by atoms with van der Waals surface area (Å²) in [5, 5.41) is 38.3. The number of benzene rings is 2. The molecule has 0 aliphatic carbocycles. The van der Waals surface area contributed by atoms with Crippen molar-refractivity contribution >= 4 is 20.0 Å². The molecule has 2 aromatic carbocycles. The third-order valence-electron chi connectivity index (χ3n) is 2.91. The molecule has 0 fully saturated rings. The number of para-hydroxylation sites is 1. The minimum Gasteiger partial charge on any atom is -0.504 e. The second-order valence-corrected chi connectivity index (χ2v) is 7.64. The van der Waals surface area contributed by atoms with Gasteiger partial charge in [-0.05, 0) is 24.3 Å². The third kappa shape index (κ3) is 2.76. The maximum atomic E-state index is 12.4. The molecule has 9 nitrogen and oxygen atoms in total. The predicted octanol–water partition coefficient (Wildman–Crippen LogP) is 0.588. The van der Waals surface area contributed by atoms with Crippen LogP contribution < -0.4 is 0 Å². The Bertz CT molecular complexity index is 991. The molecule has 0 unspecified atom stereocenters. The zero-order chi connectivity index (χ0) is 17.6. The molecule has 0 aliphatic rings. The van der Waals surface area contributed by atoms with Crippen molar-refractivity contribution in [2.24, 2.45) is 0 Å². The van der Waals surface area contributed by atoms with Crippen LogP contribution in [0.1, 0.15) is 0 Å². The van der Waals surface area contributed by atoms with E-state index in [1.54, 1.807) is 0 Å². The molecule has 0 atom stereocenters. The lowest BCUT2D eigenvalue weighted by Gasteiger charge is -2.11. The summed E-state index contributed by atoms with van der Waals surface area (Å²) in [7, 11) is -9.50. The highest BCUT2D eigenvalue weighted by atomic mass is 32.2. The van der Waals surface area contributed by atoms with Crippen LogP contribution in [0.3, 0.4) is 0 Å². The number of phenols is 4. The summed E-state index contributed by atoms with van der Waals surface area (Å²) < 4.78 is 55.6. The molecule has 0 amide bonds. The molecule has 23 heavy (non-hydrogen) atoms. The van der Waals surface area contributed by atoms with Gasteiger partial charge in [-0.3, -0.25) is 4.55 Å². The van der Waals surface area contributed by atoms with Crippen molar-refractivity contribution in [2.75, 3.05) is 0 Å². The minimum atomic E-state index is -4.89. The van der Waals surface area contributed by atoms with E-state index in [0.29, 0.717) is 12.1 Å². The number of hydrogen-bond acceptors (Lipinski definition) is 8. The Morgan fingerprint density at radius 1 is 0.652 bits per heavy atom. The van der Waals surface area contributed by atoms with E-state index in [0.717, 1.165) is 18.2 Å². The molecule has 0 saturated carbocycles. The predicted molar refractivity (Wildman–Crippen MR) is 74.8 cm³/mol. The maximum Gasteiger partial charge on any atom is 0.298 e. The van der Waals surface area contributed by atoms with Gasteiger partial charge in [0, 0.05) is 0 Å². The van der Waals surface area contributed by atoms with E-state index < -0.39 is 57.6 Å². The average molecular weight is 362 g/mol. The summed E-state index contributed by atoms with van der Waals surface area (Å²) in [5.74, 6) is -4.41. The van der Waals surface area contributed by atoms with Crippen LogP contribution in [0, 0.1) is 0 Å². The smallest absolute Gasteiger partial charge is 0.298 e. The second kappa shape index (κ2) is 5.30. The highest BCUT2D eigenvalue weighted by Gasteiger charge is 2.30. The molecule has 0 saturated heterocycles. The standard InChI is InChI=1S/C12H10O9S2/c13-6-2-1-3-7(10(6)14)22(17,18)8-4-5-9(23(19,20)21)12(16)11(8)15/h1-5,13-16H,(H,19,20,21). The lowest BCUT2D eigenvalue weighted by atomic mass is 10.3. The molecule has 0 spiro atoms. The molecule has 0 bridgehead atoms. The van der Waals surface area contributed by atoms with E-state index in [1.807, 2.05) is 0 Å². The molecule has 124 valence electrons. The highest BCUT2D eigenvalue weighted by Crippen LogP contribution is 2.42. The van der Waals surface area contributed by atoms with Gasteiger partial charge in [0.15, 0.2) is 23.0 Å². The summed E-state index contributed by atoms with van der Waals surface area (Å²) >= 11 is 0. The SMILES string of the molecule is O=S(=O)(O)c1ccc(S(=O)(=O)c2cccc(O)c2O)c(O)c1O. The largest absolute Gasteiger partial charge is 0.504 e. The molecule has 11 heteroatoms. The number of hydrogen-bond donors (Lipinski definition) is 5. The van der Waals surface area contributed by atoms with Crippen molar-refractivity contribution < 1.29 is 41.8 Å². The second-order valence-electron chi connectivity index (χ2n) is 4.36. The number of sulfone groups is 1. The zero-order valence-corrected chi connectivity index (χ0v) is 12.7. The van der Waals surface area contributed by atoms with Crippen molar-refractivity contribution in [3.63, 3.8) is 0 Å². The van der Waals surface area contributed by atoms with Crippen LogP contribution in [-0.2, 0) is 20.0 Å². The molecule has 0 aromatic heterocycles. The lowest BCUT2D eigenvalue weighted by Crippen LogP contribution is -2.05. The van der Waals surface area contributed by atoms with Gasteiger partial charge >= 0.3 is 0 Å². The summed E-state index contributed by atoms with van der Waals surface area (Å²) in [6, 6.07) is 4.25. The van der Waals surface area contributed by atoms with E-state index in [2.05, 4.69) is 0 Å². The Hall–Kier alpha value is -2.50. The van der Waals surface area contributed by atoms with Crippen molar-refractivity contribution in [1.82, 2.24) is 0 Å². The van der Waals surface area contributed by atoms with Crippen molar-refractivity contribution in [3.8, 4) is 23.0 Å². The van der Waals surface area contributed by atoms with Crippen LogP contribution >= 0.6 is 0 Å². The lowest BCUT2D eigenvalue weighted by molar-refractivity contribution is 0.378. The van der Waals surface area contributed by atoms with Gasteiger partial charge in [-0.25, -0.2) is 8.42 Å². The Morgan fingerprint density at radius 2 is 1.13 bits per heavy atom. The molecular formula is C12H10O9S2. The number of rotatable bonds is 3. The monoisotopic (exact) mass is 362 g/mol. The fourth-order valence-electron chi connectivity index (χ4n) is 1.81. The van der Waals surface area contributed by atoms with Gasteiger partial charge in [-0.2, -0.15) is 8.42 Å². The summed E-state index contributed by atoms with van der Waals surface area (Å²) in [4.78, 5) is -2.79. The van der Waals surface area contributed by atoms with Gasteiger partial charge in [0.05, 0.1) is 0 Å². The average Bonchev–Trinajstić information content (AvgIpc) is 2.42. The number of phenolic OH excluding ortho intramolecular Hbond substituents is 4. The summed E-state index contributed by atoms with van der Waals surface area (Å²) in [5.41, 5.74) is 0. The molecule has 0 heterocycles. The van der Waals surface area contributed by atoms with E-state index in [9.17, 15) is 37.3 Å². The van der Waals surface area contributed by atoms with Crippen LogP contribution in [-0.4, -0.2) is 41.8 Å². The molecule has 5 N–H and O–H groups in total. The maximum absolute atomic E-state index is 12.4. The highest BCUT2D eigenvalue weighted by molar-refractivity contribution is 7.91. The topological polar surface area (TPSA) is 169 Å². The molecule has 2 aromatic rings. The Morgan fingerprint density at radius 3 is 1.70 bits per heavy atom. The van der Waals surface area contributed by atoms with E-state index >= 15 is 0 Å².